The van der Waals surface area contributed by atoms with Crippen LogP contribution in [-0.2, 0) is 10.0 Å². The van der Waals surface area contributed by atoms with Crippen molar-refractivity contribution in [2.24, 2.45) is 0 Å². The van der Waals surface area contributed by atoms with Crippen molar-refractivity contribution in [2.45, 2.75) is 24.7 Å². The third kappa shape index (κ3) is 4.86. The van der Waals surface area contributed by atoms with Gasteiger partial charge in [0.2, 0.25) is 10.0 Å². The van der Waals surface area contributed by atoms with Crippen molar-refractivity contribution >= 4 is 33.5 Å². The van der Waals surface area contributed by atoms with Crippen LogP contribution in [0.15, 0.2) is 57.8 Å². The molecule has 1 amide bonds. The second-order valence-corrected chi connectivity index (χ2v) is 9.00. The fourth-order valence-corrected chi connectivity index (χ4v) is 4.07. The van der Waals surface area contributed by atoms with Gasteiger partial charge in [0.1, 0.15) is 0 Å². The van der Waals surface area contributed by atoms with Gasteiger partial charge in [0, 0.05) is 19.2 Å². The van der Waals surface area contributed by atoms with Gasteiger partial charge >= 0.3 is 6.01 Å². The van der Waals surface area contributed by atoms with Gasteiger partial charge in [-0.2, -0.15) is 0 Å². The maximum atomic E-state index is 12.6. The molecular weight excluding hydrogens is 428 g/mol. The number of rotatable bonds is 8. The van der Waals surface area contributed by atoms with Crippen LogP contribution in [0, 0.1) is 0 Å². The summed E-state index contributed by atoms with van der Waals surface area (Å²) in [7, 11) is -2.06. The fourth-order valence-electron chi connectivity index (χ4n) is 2.65. The van der Waals surface area contributed by atoms with E-state index < -0.39 is 15.9 Å². The van der Waals surface area contributed by atoms with Crippen molar-refractivity contribution < 1.29 is 17.6 Å². The Morgan fingerprint density at radius 2 is 1.83 bits per heavy atom. The van der Waals surface area contributed by atoms with Gasteiger partial charge in [-0.15, -0.1) is 5.10 Å². The number of carbonyl (C=O) groups excluding carboxylic acids is 1. The van der Waals surface area contributed by atoms with E-state index in [0.29, 0.717) is 17.1 Å². The molecule has 8 nitrogen and oxygen atoms in total. The highest BCUT2D eigenvalue weighted by Crippen LogP contribution is 2.27. The van der Waals surface area contributed by atoms with Crippen molar-refractivity contribution in [1.82, 2.24) is 14.5 Å². The molecule has 0 aliphatic rings. The molecule has 10 heteroatoms. The number of unbranched alkanes of at least 4 members (excludes halogenated alkanes) is 1. The summed E-state index contributed by atoms with van der Waals surface area (Å²) in [5.41, 5.74) is 0.802. The molecule has 2 aromatic carbocycles. The summed E-state index contributed by atoms with van der Waals surface area (Å²) in [5, 5.41) is 10.6. The van der Waals surface area contributed by atoms with Gasteiger partial charge in [-0.3, -0.25) is 10.1 Å². The van der Waals surface area contributed by atoms with Gasteiger partial charge in [0.15, 0.2) is 0 Å². The Morgan fingerprint density at radius 3 is 2.50 bits per heavy atom. The van der Waals surface area contributed by atoms with Crippen LogP contribution in [0.25, 0.3) is 11.5 Å². The summed E-state index contributed by atoms with van der Waals surface area (Å²) in [5.74, 6) is -0.333. The highest BCUT2D eigenvalue weighted by atomic mass is 35.5. The van der Waals surface area contributed by atoms with Crippen LogP contribution in [-0.4, -0.2) is 42.4 Å². The van der Waals surface area contributed by atoms with Crippen LogP contribution in [0.4, 0.5) is 6.01 Å². The Balaban J connectivity index is 1.71. The second kappa shape index (κ2) is 9.38. The normalized spacial score (nSPS) is 11.6. The van der Waals surface area contributed by atoms with Gasteiger partial charge in [-0.25, -0.2) is 12.7 Å². The summed E-state index contributed by atoms with van der Waals surface area (Å²) in [6.45, 7) is 2.43. The summed E-state index contributed by atoms with van der Waals surface area (Å²) >= 11 is 6.10. The number of hydrogen-bond acceptors (Lipinski definition) is 6. The predicted molar refractivity (Wildman–Crippen MR) is 114 cm³/mol. The van der Waals surface area contributed by atoms with Gasteiger partial charge in [0.05, 0.1) is 15.5 Å². The second-order valence-electron chi connectivity index (χ2n) is 6.55. The zero-order valence-electron chi connectivity index (χ0n) is 16.5. The average Bonchev–Trinajstić information content (AvgIpc) is 3.20. The molecular formula is C20H21ClN4O4S. The van der Waals surface area contributed by atoms with Gasteiger partial charge < -0.3 is 4.42 Å². The molecule has 1 aromatic heterocycles. The largest absolute Gasteiger partial charge is 0.403 e. The fraction of sp³-hybridized carbons (Fsp3) is 0.250. The minimum absolute atomic E-state index is 0.0917. The first-order valence-corrected chi connectivity index (χ1v) is 11.1. The molecule has 3 aromatic rings. The number of nitrogens with one attached hydrogen (secondary N) is 1. The highest BCUT2D eigenvalue weighted by molar-refractivity contribution is 7.89. The zero-order valence-corrected chi connectivity index (χ0v) is 18.1. The third-order valence-electron chi connectivity index (χ3n) is 4.40. The molecule has 0 unspecified atom stereocenters. The maximum absolute atomic E-state index is 12.6. The lowest BCUT2D eigenvalue weighted by Gasteiger charge is -2.16. The molecule has 0 radical (unpaired) electrons. The number of nitrogens with zero attached hydrogens (tertiary/aromatic N) is 3. The number of anilines is 1. The van der Waals surface area contributed by atoms with Gasteiger partial charge in [-0.05, 0) is 42.8 Å². The van der Waals surface area contributed by atoms with Crippen molar-refractivity contribution in [3.8, 4) is 11.5 Å². The van der Waals surface area contributed by atoms with Crippen LogP contribution in [0.3, 0.4) is 0 Å². The van der Waals surface area contributed by atoms with Crippen LogP contribution in [0.5, 0.6) is 0 Å². The van der Waals surface area contributed by atoms with E-state index in [-0.39, 0.29) is 22.4 Å². The van der Waals surface area contributed by atoms with Crippen LogP contribution in [0.2, 0.25) is 5.02 Å². The number of halogens is 1. The SMILES string of the molecule is CCCCN(C)S(=O)(=O)c1ccc(C(=O)Nc2nnc(-c3ccccc3Cl)o2)cc1. The Labute approximate surface area is 179 Å². The van der Waals surface area contributed by atoms with E-state index in [1.807, 2.05) is 6.92 Å². The first-order valence-electron chi connectivity index (χ1n) is 9.29. The van der Waals surface area contributed by atoms with E-state index in [2.05, 4.69) is 15.5 Å². The highest BCUT2D eigenvalue weighted by Gasteiger charge is 2.21. The molecule has 0 aliphatic heterocycles. The van der Waals surface area contributed by atoms with Crippen LogP contribution >= 0.6 is 11.6 Å². The number of amides is 1. The van der Waals surface area contributed by atoms with Crippen molar-refractivity contribution in [2.75, 3.05) is 18.9 Å². The van der Waals surface area contributed by atoms with Gasteiger partial charge in [-0.1, -0.05) is 42.2 Å². The molecule has 0 spiro atoms. The topological polar surface area (TPSA) is 105 Å². The van der Waals surface area contributed by atoms with Crippen molar-refractivity contribution in [3.05, 3.63) is 59.1 Å². The van der Waals surface area contributed by atoms with E-state index in [1.54, 1.807) is 24.3 Å². The Hall–Kier alpha value is -2.75. The monoisotopic (exact) mass is 448 g/mol. The number of sulfonamides is 1. The van der Waals surface area contributed by atoms with E-state index in [4.69, 9.17) is 16.0 Å². The molecule has 30 heavy (non-hydrogen) atoms. The summed E-state index contributed by atoms with van der Waals surface area (Å²) in [4.78, 5) is 12.6. The quantitative estimate of drug-likeness (QED) is 0.557. The van der Waals surface area contributed by atoms with Crippen LogP contribution in [0.1, 0.15) is 30.1 Å². The minimum Gasteiger partial charge on any atom is -0.403 e. The Bertz CT molecular complexity index is 1130. The zero-order chi connectivity index (χ0) is 21.7. The molecule has 0 saturated heterocycles. The number of carbonyl (C=O) groups is 1. The lowest BCUT2D eigenvalue weighted by molar-refractivity contribution is 0.102. The lowest BCUT2D eigenvalue weighted by Crippen LogP contribution is -2.28. The molecule has 0 saturated carbocycles. The first-order chi connectivity index (χ1) is 14.3. The predicted octanol–water partition coefficient (Wildman–Crippen LogP) is 4.06. The Morgan fingerprint density at radius 1 is 1.13 bits per heavy atom. The smallest absolute Gasteiger partial charge is 0.322 e. The van der Waals surface area contributed by atoms with E-state index >= 15 is 0 Å². The van der Waals surface area contributed by atoms with E-state index in [1.165, 1.54) is 35.6 Å². The number of aromatic nitrogens is 2. The molecule has 0 aliphatic carbocycles. The standard InChI is InChI=1S/C20H21ClN4O4S/c1-3-4-13-25(2)30(27,28)15-11-9-14(10-12-15)18(26)22-20-24-23-19(29-20)16-7-5-6-8-17(16)21/h5-12H,3-4,13H2,1-2H3,(H,22,24,26). The van der Waals surface area contributed by atoms with Crippen molar-refractivity contribution in [1.29, 1.82) is 0 Å². The summed E-state index contributed by atoms with van der Waals surface area (Å²) in [6.07, 6.45) is 1.67. The molecule has 158 valence electrons. The minimum atomic E-state index is -3.60. The molecule has 1 N–H and O–H groups in total. The number of benzene rings is 2. The lowest BCUT2D eigenvalue weighted by atomic mass is 10.2. The molecule has 0 atom stereocenters. The molecule has 0 bridgehead atoms. The van der Waals surface area contributed by atoms with Crippen LogP contribution < -0.4 is 5.32 Å². The summed E-state index contributed by atoms with van der Waals surface area (Å²) in [6, 6.07) is 12.5. The Kier molecular flexibility index (Phi) is 6.86. The van der Waals surface area contributed by atoms with E-state index in [9.17, 15) is 13.2 Å². The van der Waals surface area contributed by atoms with E-state index in [0.717, 1.165) is 12.8 Å². The summed E-state index contributed by atoms with van der Waals surface area (Å²) < 4.78 is 31.9. The number of hydrogen-bond donors (Lipinski definition) is 1. The molecule has 3 rings (SSSR count). The average molecular weight is 449 g/mol. The maximum Gasteiger partial charge on any atom is 0.322 e. The molecule has 0 fully saturated rings. The third-order valence-corrected chi connectivity index (χ3v) is 6.60. The van der Waals surface area contributed by atoms with Gasteiger partial charge in [0.25, 0.3) is 11.8 Å². The first kappa shape index (κ1) is 21.9. The molecule has 1 heterocycles. The van der Waals surface area contributed by atoms with Crippen molar-refractivity contribution in [3.63, 3.8) is 0 Å².